The first-order valence-corrected chi connectivity index (χ1v) is 5.19. The van der Waals surface area contributed by atoms with Crippen LogP contribution in [0.2, 0.25) is 0 Å². The number of benzene rings is 1. The maximum Gasteiger partial charge on any atom is 0.342 e. The molecule has 19 heavy (non-hydrogen) atoms. The van der Waals surface area contributed by atoms with E-state index in [4.69, 9.17) is 10.8 Å². The van der Waals surface area contributed by atoms with Crippen LogP contribution >= 0.6 is 12.4 Å². The SMILES string of the molecule is CCOC(=O)C(F)[C@H](N)c1c(O)cc(O)cc1O.Cl. The van der Waals surface area contributed by atoms with Gasteiger partial charge in [0.15, 0.2) is 0 Å². The summed E-state index contributed by atoms with van der Waals surface area (Å²) < 4.78 is 18.1. The number of hydrogen-bond donors (Lipinski definition) is 4. The molecule has 0 spiro atoms. The summed E-state index contributed by atoms with van der Waals surface area (Å²) in [6, 6.07) is 0.171. The van der Waals surface area contributed by atoms with Crippen molar-refractivity contribution >= 4 is 18.4 Å². The number of phenols is 3. The third-order valence-corrected chi connectivity index (χ3v) is 2.28. The molecule has 0 aliphatic carbocycles. The van der Waals surface area contributed by atoms with E-state index in [0.717, 1.165) is 12.1 Å². The van der Waals surface area contributed by atoms with E-state index in [1.165, 1.54) is 6.92 Å². The summed E-state index contributed by atoms with van der Waals surface area (Å²) in [4.78, 5) is 11.2. The largest absolute Gasteiger partial charge is 0.508 e. The predicted octanol–water partition coefficient (Wildman–Crippen LogP) is 1.13. The molecule has 1 rings (SSSR count). The fraction of sp³-hybridized carbons (Fsp3) is 0.364. The van der Waals surface area contributed by atoms with E-state index in [2.05, 4.69) is 4.74 Å². The number of carbonyl (C=O) groups is 1. The number of esters is 1. The molecule has 1 aromatic rings. The van der Waals surface area contributed by atoms with Crippen LogP contribution < -0.4 is 5.73 Å². The molecule has 1 aromatic carbocycles. The van der Waals surface area contributed by atoms with Gasteiger partial charge in [-0.2, -0.15) is 0 Å². The molecule has 0 amide bonds. The third kappa shape index (κ3) is 3.87. The molecule has 0 aliphatic heterocycles. The first-order chi connectivity index (χ1) is 8.38. The van der Waals surface area contributed by atoms with Crippen LogP contribution in [0.3, 0.4) is 0 Å². The van der Waals surface area contributed by atoms with Crippen molar-refractivity contribution in [3.63, 3.8) is 0 Å². The highest BCUT2D eigenvalue weighted by molar-refractivity contribution is 5.85. The lowest BCUT2D eigenvalue weighted by Crippen LogP contribution is -2.31. The quantitative estimate of drug-likeness (QED) is 0.619. The van der Waals surface area contributed by atoms with Gasteiger partial charge in [-0.1, -0.05) is 0 Å². The Morgan fingerprint density at radius 3 is 2.26 bits per heavy atom. The van der Waals surface area contributed by atoms with Gasteiger partial charge in [-0.3, -0.25) is 0 Å². The summed E-state index contributed by atoms with van der Waals surface area (Å²) in [6.45, 7) is 1.49. The maximum absolute atomic E-state index is 13.6. The van der Waals surface area contributed by atoms with Crippen LogP contribution in [0.4, 0.5) is 4.39 Å². The number of ether oxygens (including phenoxy) is 1. The molecule has 0 radical (unpaired) electrons. The van der Waals surface area contributed by atoms with Crippen molar-refractivity contribution in [3.05, 3.63) is 17.7 Å². The number of alkyl halides is 1. The molecule has 6 nitrogen and oxygen atoms in total. The highest BCUT2D eigenvalue weighted by atomic mass is 35.5. The zero-order valence-electron chi connectivity index (χ0n) is 10.0. The van der Waals surface area contributed by atoms with Crippen molar-refractivity contribution in [1.82, 2.24) is 0 Å². The average molecular weight is 296 g/mol. The van der Waals surface area contributed by atoms with Gasteiger partial charge < -0.3 is 25.8 Å². The monoisotopic (exact) mass is 295 g/mol. The van der Waals surface area contributed by atoms with Crippen LogP contribution in [0, 0.1) is 0 Å². The molecule has 5 N–H and O–H groups in total. The zero-order chi connectivity index (χ0) is 13.9. The van der Waals surface area contributed by atoms with Crippen molar-refractivity contribution in [1.29, 1.82) is 0 Å². The van der Waals surface area contributed by atoms with Gasteiger partial charge in [0, 0.05) is 12.1 Å². The fourth-order valence-corrected chi connectivity index (χ4v) is 1.46. The van der Waals surface area contributed by atoms with Gasteiger partial charge in [0.1, 0.15) is 17.2 Å². The molecule has 2 atom stereocenters. The topological polar surface area (TPSA) is 113 Å². The summed E-state index contributed by atoms with van der Waals surface area (Å²) in [5.74, 6) is -2.80. The van der Waals surface area contributed by atoms with Crippen LogP contribution in [-0.4, -0.2) is 34.1 Å². The fourth-order valence-electron chi connectivity index (χ4n) is 1.46. The number of nitrogens with two attached hydrogens (primary N) is 1. The maximum atomic E-state index is 13.6. The Bertz CT molecular complexity index is 434. The lowest BCUT2D eigenvalue weighted by Gasteiger charge is -2.18. The summed E-state index contributed by atoms with van der Waals surface area (Å²) in [7, 11) is 0. The van der Waals surface area contributed by atoms with Gasteiger partial charge in [-0.25, -0.2) is 9.18 Å². The van der Waals surface area contributed by atoms with Gasteiger partial charge in [-0.15, -0.1) is 12.4 Å². The van der Waals surface area contributed by atoms with E-state index in [9.17, 15) is 19.4 Å². The second kappa shape index (κ2) is 7.01. The van der Waals surface area contributed by atoms with Gasteiger partial charge in [-0.05, 0) is 6.92 Å². The van der Waals surface area contributed by atoms with Gasteiger partial charge in [0.05, 0.1) is 18.2 Å². The number of halogens is 2. The minimum atomic E-state index is -2.23. The summed E-state index contributed by atoms with van der Waals surface area (Å²) in [5.41, 5.74) is 5.08. The van der Waals surface area contributed by atoms with Crippen molar-refractivity contribution in [3.8, 4) is 17.2 Å². The van der Waals surface area contributed by atoms with E-state index < -0.39 is 35.4 Å². The smallest absolute Gasteiger partial charge is 0.342 e. The molecule has 0 saturated carbocycles. The van der Waals surface area contributed by atoms with Crippen molar-refractivity contribution in [2.75, 3.05) is 6.61 Å². The highest BCUT2D eigenvalue weighted by Gasteiger charge is 2.31. The first-order valence-electron chi connectivity index (χ1n) is 5.19. The predicted molar refractivity (Wildman–Crippen MR) is 67.1 cm³/mol. The molecule has 108 valence electrons. The number of rotatable bonds is 4. The highest BCUT2D eigenvalue weighted by Crippen LogP contribution is 2.37. The van der Waals surface area contributed by atoms with Crippen molar-refractivity contribution < 1.29 is 29.2 Å². The lowest BCUT2D eigenvalue weighted by molar-refractivity contribution is -0.149. The molecule has 0 saturated heterocycles. The Morgan fingerprint density at radius 2 is 1.84 bits per heavy atom. The molecular formula is C11H15ClFNO5. The van der Waals surface area contributed by atoms with E-state index in [0.29, 0.717) is 0 Å². The van der Waals surface area contributed by atoms with Gasteiger partial charge >= 0.3 is 5.97 Å². The number of hydrogen-bond acceptors (Lipinski definition) is 6. The van der Waals surface area contributed by atoms with E-state index in [1.54, 1.807) is 0 Å². The molecule has 0 aliphatic rings. The lowest BCUT2D eigenvalue weighted by atomic mass is 10.0. The molecule has 0 aromatic heterocycles. The standard InChI is InChI=1S/C11H14FNO5.ClH/c1-2-18-11(17)9(12)10(13)8-6(15)3-5(14)4-7(8)16;/h3-4,9-10,14-16H,2,13H2,1H3;1H/t9?,10-;/m1./s1. The van der Waals surface area contributed by atoms with Crippen LogP contribution in [0.1, 0.15) is 18.5 Å². The Morgan fingerprint density at radius 1 is 1.37 bits per heavy atom. The number of carbonyl (C=O) groups excluding carboxylic acids is 1. The Labute approximate surface area is 115 Å². The van der Waals surface area contributed by atoms with Crippen LogP contribution in [0.15, 0.2) is 12.1 Å². The second-order valence-corrected chi connectivity index (χ2v) is 3.58. The first kappa shape index (κ1) is 17.3. The Balaban J connectivity index is 0.00000324. The van der Waals surface area contributed by atoms with E-state index in [-0.39, 0.29) is 24.6 Å². The molecule has 1 unspecified atom stereocenters. The Hall–Kier alpha value is -1.73. The minimum Gasteiger partial charge on any atom is -0.508 e. The molecule has 8 heteroatoms. The van der Waals surface area contributed by atoms with Gasteiger partial charge in [0.2, 0.25) is 6.17 Å². The van der Waals surface area contributed by atoms with Gasteiger partial charge in [0.25, 0.3) is 0 Å². The molecule has 0 fully saturated rings. The van der Waals surface area contributed by atoms with Crippen LogP contribution in [-0.2, 0) is 9.53 Å². The van der Waals surface area contributed by atoms with E-state index >= 15 is 0 Å². The zero-order valence-corrected chi connectivity index (χ0v) is 10.9. The van der Waals surface area contributed by atoms with Crippen LogP contribution in [0.25, 0.3) is 0 Å². The summed E-state index contributed by atoms with van der Waals surface area (Å²) >= 11 is 0. The number of aromatic hydroxyl groups is 3. The van der Waals surface area contributed by atoms with E-state index in [1.807, 2.05) is 0 Å². The summed E-state index contributed by atoms with van der Waals surface area (Å²) in [5, 5.41) is 28.1. The van der Waals surface area contributed by atoms with Crippen molar-refractivity contribution in [2.45, 2.75) is 19.1 Å². The Kier molecular flexibility index (Phi) is 6.37. The second-order valence-electron chi connectivity index (χ2n) is 3.58. The average Bonchev–Trinajstić information content (AvgIpc) is 2.26. The normalized spacial score (nSPS) is 13.2. The van der Waals surface area contributed by atoms with Crippen molar-refractivity contribution in [2.24, 2.45) is 5.73 Å². The number of phenolic OH excluding ortho intramolecular Hbond substituents is 3. The van der Waals surface area contributed by atoms with Crippen LogP contribution in [0.5, 0.6) is 17.2 Å². The molecule has 0 heterocycles. The minimum absolute atomic E-state index is 0. The molecular weight excluding hydrogens is 281 g/mol. The molecule has 0 bridgehead atoms. The summed E-state index contributed by atoms with van der Waals surface area (Å²) in [6.07, 6.45) is -2.23. The third-order valence-electron chi connectivity index (χ3n) is 2.28.